The number of thiazole rings is 1. The first-order chi connectivity index (χ1) is 9.11. The van der Waals surface area contributed by atoms with Gasteiger partial charge in [-0.3, -0.25) is 10.1 Å². The molecule has 0 aliphatic heterocycles. The molecule has 1 heterocycles. The van der Waals surface area contributed by atoms with Crippen LogP contribution in [0.3, 0.4) is 0 Å². The largest absolute Gasteiger partial charge is 0.362 e. The van der Waals surface area contributed by atoms with Crippen LogP contribution in [0.5, 0.6) is 0 Å². The first kappa shape index (κ1) is 13.8. The molecular weight excluding hydrogens is 286 g/mol. The Labute approximate surface area is 119 Å². The molecule has 100 valence electrons. The van der Waals surface area contributed by atoms with Crippen LogP contribution in [0, 0.1) is 10.1 Å². The Morgan fingerprint density at radius 2 is 2.32 bits per heavy atom. The van der Waals surface area contributed by atoms with Crippen molar-refractivity contribution in [2.75, 3.05) is 11.9 Å². The van der Waals surface area contributed by atoms with E-state index in [0.29, 0.717) is 11.3 Å². The fourth-order valence-corrected chi connectivity index (χ4v) is 2.47. The number of hydrogen-bond donors (Lipinski definition) is 1. The Kier molecular flexibility index (Phi) is 4.34. The molecular formula is C12H12ClN3O2S. The quantitative estimate of drug-likeness (QED) is 0.663. The van der Waals surface area contributed by atoms with E-state index in [-0.39, 0.29) is 10.7 Å². The molecule has 0 fully saturated rings. The molecule has 0 aliphatic carbocycles. The molecule has 0 saturated heterocycles. The van der Waals surface area contributed by atoms with Gasteiger partial charge < -0.3 is 5.32 Å². The van der Waals surface area contributed by atoms with Gasteiger partial charge in [-0.05, 0) is 12.5 Å². The number of halogens is 1. The van der Waals surface area contributed by atoms with E-state index >= 15 is 0 Å². The second-order valence-corrected chi connectivity index (χ2v) is 5.15. The summed E-state index contributed by atoms with van der Waals surface area (Å²) in [4.78, 5) is 14.7. The lowest BCUT2D eigenvalue weighted by molar-refractivity contribution is -0.384. The monoisotopic (exact) mass is 297 g/mol. The number of nitro groups is 1. The normalized spacial score (nSPS) is 10.4. The van der Waals surface area contributed by atoms with Crippen molar-refractivity contribution in [3.05, 3.63) is 38.7 Å². The zero-order valence-electron chi connectivity index (χ0n) is 10.2. The molecule has 2 aromatic rings. The van der Waals surface area contributed by atoms with E-state index in [4.69, 9.17) is 11.6 Å². The van der Waals surface area contributed by atoms with Crippen molar-refractivity contribution in [1.82, 2.24) is 4.98 Å². The summed E-state index contributed by atoms with van der Waals surface area (Å²) in [6.45, 7) is 2.93. The molecule has 0 unspecified atom stereocenters. The number of nitrogens with zero attached hydrogens (tertiary/aromatic N) is 2. The average molecular weight is 298 g/mol. The van der Waals surface area contributed by atoms with E-state index in [2.05, 4.69) is 17.2 Å². The second-order valence-electron chi connectivity index (χ2n) is 3.89. The summed E-state index contributed by atoms with van der Waals surface area (Å²) in [5, 5.41) is 16.8. The molecule has 0 radical (unpaired) electrons. The van der Waals surface area contributed by atoms with Crippen molar-refractivity contribution < 1.29 is 4.92 Å². The minimum Gasteiger partial charge on any atom is -0.362 e. The number of nitrogens with one attached hydrogen (secondary N) is 1. The smallest absolute Gasteiger partial charge is 0.288 e. The highest BCUT2D eigenvalue weighted by atomic mass is 35.5. The summed E-state index contributed by atoms with van der Waals surface area (Å²) in [6, 6.07) is 4.70. The lowest BCUT2D eigenvalue weighted by atomic mass is 10.1. The van der Waals surface area contributed by atoms with Gasteiger partial charge in [-0.1, -0.05) is 24.6 Å². The number of aromatic nitrogens is 1. The van der Waals surface area contributed by atoms with E-state index in [1.54, 1.807) is 6.07 Å². The van der Waals surface area contributed by atoms with Crippen LogP contribution in [0.2, 0.25) is 5.02 Å². The van der Waals surface area contributed by atoms with Gasteiger partial charge in [0.15, 0.2) is 5.13 Å². The fraction of sp³-hybridized carbons (Fsp3) is 0.250. The molecule has 0 amide bonds. The van der Waals surface area contributed by atoms with Crippen LogP contribution in [0.15, 0.2) is 23.6 Å². The van der Waals surface area contributed by atoms with Gasteiger partial charge in [-0.2, -0.15) is 0 Å². The van der Waals surface area contributed by atoms with Crippen molar-refractivity contribution in [1.29, 1.82) is 0 Å². The Balaban J connectivity index is 2.29. The van der Waals surface area contributed by atoms with Crippen molar-refractivity contribution >= 4 is 33.8 Å². The van der Waals surface area contributed by atoms with Crippen LogP contribution in [-0.2, 0) is 0 Å². The molecule has 0 spiro atoms. The van der Waals surface area contributed by atoms with Crippen molar-refractivity contribution in [2.24, 2.45) is 0 Å². The van der Waals surface area contributed by atoms with Gasteiger partial charge in [-0.25, -0.2) is 4.98 Å². The van der Waals surface area contributed by atoms with E-state index in [1.165, 1.54) is 23.5 Å². The van der Waals surface area contributed by atoms with Gasteiger partial charge >= 0.3 is 0 Å². The highest BCUT2D eigenvalue weighted by molar-refractivity contribution is 7.14. The van der Waals surface area contributed by atoms with Crippen LogP contribution < -0.4 is 5.32 Å². The zero-order valence-corrected chi connectivity index (χ0v) is 11.8. The minimum atomic E-state index is -0.492. The third kappa shape index (κ3) is 3.21. The summed E-state index contributed by atoms with van der Waals surface area (Å²) in [7, 11) is 0. The predicted octanol–water partition coefficient (Wildman–Crippen LogP) is 4.19. The number of hydrogen-bond acceptors (Lipinski definition) is 5. The Morgan fingerprint density at radius 3 is 3.00 bits per heavy atom. The first-order valence-corrected chi connectivity index (χ1v) is 7.01. The molecule has 1 aromatic heterocycles. The number of rotatable bonds is 5. The van der Waals surface area contributed by atoms with Crippen LogP contribution in [0.4, 0.5) is 10.8 Å². The van der Waals surface area contributed by atoms with Crippen molar-refractivity contribution in [2.45, 2.75) is 13.3 Å². The maximum atomic E-state index is 10.8. The third-order valence-corrected chi connectivity index (χ3v) is 3.59. The summed E-state index contributed by atoms with van der Waals surface area (Å²) in [5.74, 6) is 0. The molecule has 0 saturated carbocycles. The average Bonchev–Trinajstić information content (AvgIpc) is 2.85. The molecule has 1 N–H and O–H groups in total. The maximum Gasteiger partial charge on any atom is 0.288 e. The number of anilines is 1. The van der Waals surface area contributed by atoms with Gasteiger partial charge in [0.05, 0.1) is 10.6 Å². The lowest BCUT2D eigenvalue weighted by Crippen LogP contribution is -1.98. The predicted molar refractivity (Wildman–Crippen MR) is 78.0 cm³/mol. The summed E-state index contributed by atoms with van der Waals surface area (Å²) in [6.07, 6.45) is 1.02. The van der Waals surface area contributed by atoms with E-state index < -0.39 is 4.92 Å². The standard InChI is InChI=1S/C12H12ClN3O2S/c1-2-5-14-12-15-10(7-19-12)8-3-4-9(13)11(6-8)16(17)18/h3-4,6-7H,2,5H2,1H3,(H,14,15). The zero-order chi connectivity index (χ0) is 13.8. The summed E-state index contributed by atoms with van der Waals surface area (Å²) in [5.41, 5.74) is 1.30. The summed E-state index contributed by atoms with van der Waals surface area (Å²) < 4.78 is 0. The molecule has 0 bridgehead atoms. The second kappa shape index (κ2) is 5.99. The molecule has 5 nitrogen and oxygen atoms in total. The van der Waals surface area contributed by atoms with E-state index in [1.807, 2.05) is 5.38 Å². The van der Waals surface area contributed by atoms with Gasteiger partial charge in [0.1, 0.15) is 5.02 Å². The third-order valence-electron chi connectivity index (χ3n) is 2.47. The highest BCUT2D eigenvalue weighted by Crippen LogP contribution is 2.31. The van der Waals surface area contributed by atoms with Crippen LogP contribution >= 0.6 is 22.9 Å². The van der Waals surface area contributed by atoms with Crippen LogP contribution in [0.25, 0.3) is 11.3 Å². The van der Waals surface area contributed by atoms with E-state index in [0.717, 1.165) is 18.1 Å². The molecule has 7 heteroatoms. The number of nitro benzene ring substituents is 1. The number of benzene rings is 1. The van der Waals surface area contributed by atoms with Gasteiger partial charge in [0.25, 0.3) is 5.69 Å². The van der Waals surface area contributed by atoms with Crippen molar-refractivity contribution in [3.63, 3.8) is 0 Å². The first-order valence-electron chi connectivity index (χ1n) is 5.75. The Morgan fingerprint density at radius 1 is 1.53 bits per heavy atom. The molecule has 2 rings (SSSR count). The van der Waals surface area contributed by atoms with Crippen LogP contribution in [-0.4, -0.2) is 16.5 Å². The lowest BCUT2D eigenvalue weighted by Gasteiger charge is -2.00. The molecule has 0 atom stereocenters. The minimum absolute atomic E-state index is 0.102. The van der Waals surface area contributed by atoms with Crippen molar-refractivity contribution in [3.8, 4) is 11.3 Å². The van der Waals surface area contributed by atoms with Gasteiger partial charge in [-0.15, -0.1) is 11.3 Å². The Hall–Kier alpha value is -1.66. The van der Waals surface area contributed by atoms with Crippen LogP contribution in [0.1, 0.15) is 13.3 Å². The maximum absolute atomic E-state index is 10.8. The van der Waals surface area contributed by atoms with Gasteiger partial charge in [0, 0.05) is 23.6 Å². The highest BCUT2D eigenvalue weighted by Gasteiger charge is 2.14. The van der Waals surface area contributed by atoms with Gasteiger partial charge in [0.2, 0.25) is 0 Å². The topological polar surface area (TPSA) is 68.1 Å². The van der Waals surface area contributed by atoms with E-state index in [9.17, 15) is 10.1 Å². The fourth-order valence-electron chi connectivity index (χ4n) is 1.53. The Bertz CT molecular complexity index is 600. The molecule has 0 aliphatic rings. The molecule has 19 heavy (non-hydrogen) atoms. The molecule has 1 aromatic carbocycles. The summed E-state index contributed by atoms with van der Waals surface area (Å²) >= 11 is 7.26. The SMILES string of the molecule is CCCNc1nc(-c2ccc(Cl)c([N+](=O)[O-])c2)cs1.